The van der Waals surface area contributed by atoms with Crippen LogP contribution in [0.2, 0.25) is 25.2 Å². The monoisotopic (exact) mass is 426 g/mol. The summed E-state index contributed by atoms with van der Waals surface area (Å²) >= 11 is 0. The van der Waals surface area contributed by atoms with Crippen LogP contribution < -0.4 is 4.74 Å². The number of unbranched alkanes of at least 4 members (excludes halogenated alkanes) is 6. The van der Waals surface area contributed by atoms with Crippen LogP contribution in [0.3, 0.4) is 0 Å². The van der Waals surface area contributed by atoms with Gasteiger partial charge in [0.05, 0.1) is 6.61 Å². The van der Waals surface area contributed by atoms with E-state index in [4.69, 9.17) is 4.74 Å². The number of hydrogen-bond donors (Lipinski definition) is 0. The van der Waals surface area contributed by atoms with Gasteiger partial charge in [-0.05, 0) is 30.5 Å². The average molecular weight is 427 g/mol. The molecular formula is C26H42N2OSi. The molecule has 0 amide bonds. The van der Waals surface area contributed by atoms with Crippen molar-refractivity contribution in [1.82, 2.24) is 9.97 Å². The molecule has 0 radical (unpaired) electrons. The van der Waals surface area contributed by atoms with Crippen molar-refractivity contribution in [2.75, 3.05) is 6.61 Å². The number of nitrogens with zero attached hydrogens (tertiary/aromatic N) is 2. The molecule has 1 heterocycles. The van der Waals surface area contributed by atoms with Gasteiger partial charge < -0.3 is 4.74 Å². The van der Waals surface area contributed by atoms with E-state index in [-0.39, 0.29) is 0 Å². The number of aromatic nitrogens is 2. The predicted octanol–water partition coefficient (Wildman–Crippen LogP) is 7.93. The molecule has 4 heteroatoms. The second-order valence-electron chi connectivity index (χ2n) is 9.25. The number of hydrogen-bond acceptors (Lipinski definition) is 3. The van der Waals surface area contributed by atoms with E-state index in [1.807, 2.05) is 12.4 Å². The lowest BCUT2D eigenvalue weighted by Gasteiger charge is -2.19. The van der Waals surface area contributed by atoms with Gasteiger partial charge in [-0.1, -0.05) is 89.7 Å². The summed E-state index contributed by atoms with van der Waals surface area (Å²) in [5.41, 5.74) is 2.21. The molecule has 2 aromatic rings. The van der Waals surface area contributed by atoms with E-state index >= 15 is 0 Å². The average Bonchev–Trinajstić information content (AvgIpc) is 2.77. The first-order valence-electron chi connectivity index (χ1n) is 12.1. The summed E-state index contributed by atoms with van der Waals surface area (Å²) in [7, 11) is -0.938. The Bertz CT molecular complexity index is 698. The molecule has 30 heavy (non-hydrogen) atoms. The number of ether oxygens (including phenoxy) is 1. The molecule has 0 saturated heterocycles. The maximum absolute atomic E-state index is 5.93. The Morgan fingerprint density at radius 1 is 0.767 bits per heavy atom. The van der Waals surface area contributed by atoms with Gasteiger partial charge in [0.25, 0.3) is 0 Å². The van der Waals surface area contributed by atoms with Crippen LogP contribution in [-0.4, -0.2) is 24.6 Å². The van der Waals surface area contributed by atoms with Crippen molar-refractivity contribution < 1.29 is 4.74 Å². The highest BCUT2D eigenvalue weighted by molar-refractivity contribution is 6.77. The topological polar surface area (TPSA) is 35.0 Å². The van der Waals surface area contributed by atoms with Gasteiger partial charge in [0.1, 0.15) is 11.6 Å². The van der Waals surface area contributed by atoms with Crippen LogP contribution in [0.4, 0.5) is 0 Å². The van der Waals surface area contributed by atoms with Crippen LogP contribution in [0.5, 0.6) is 5.75 Å². The molecule has 0 N–H and O–H groups in total. The standard InChI is InChI=1S/C26H42N2OSi/c1-5-7-8-9-10-11-14-26-27-21-24(22-28-26)23-15-17-25(18-16-23)29-19-12-13-20-30(3,4)6-2/h15-18,21-22H,5-14,19-20H2,1-4H3. The van der Waals surface area contributed by atoms with Crippen molar-refractivity contribution >= 4 is 8.07 Å². The summed E-state index contributed by atoms with van der Waals surface area (Å²) in [5.74, 6) is 1.91. The third-order valence-electron chi connectivity index (χ3n) is 6.12. The molecular weight excluding hydrogens is 384 g/mol. The van der Waals surface area contributed by atoms with E-state index < -0.39 is 8.07 Å². The summed E-state index contributed by atoms with van der Waals surface area (Å²) in [6, 6.07) is 11.1. The lowest BCUT2D eigenvalue weighted by atomic mass is 10.1. The minimum Gasteiger partial charge on any atom is -0.494 e. The van der Waals surface area contributed by atoms with Gasteiger partial charge in [-0.25, -0.2) is 9.97 Å². The van der Waals surface area contributed by atoms with Crippen LogP contribution >= 0.6 is 0 Å². The molecule has 0 aliphatic rings. The van der Waals surface area contributed by atoms with Gasteiger partial charge in [0.2, 0.25) is 0 Å². The fourth-order valence-electron chi connectivity index (χ4n) is 3.51. The van der Waals surface area contributed by atoms with Crippen LogP contribution in [0, 0.1) is 0 Å². The van der Waals surface area contributed by atoms with Gasteiger partial charge in [-0.15, -0.1) is 0 Å². The lowest BCUT2D eigenvalue weighted by molar-refractivity contribution is 0.309. The normalized spacial score (nSPS) is 11.6. The maximum atomic E-state index is 5.93. The van der Waals surface area contributed by atoms with Crippen LogP contribution in [0.15, 0.2) is 36.7 Å². The predicted molar refractivity (Wildman–Crippen MR) is 132 cm³/mol. The molecule has 0 aliphatic carbocycles. The Hall–Kier alpha value is -1.68. The Labute approximate surface area is 185 Å². The summed E-state index contributed by atoms with van der Waals surface area (Å²) < 4.78 is 5.93. The van der Waals surface area contributed by atoms with Crippen LogP contribution in [0.25, 0.3) is 11.1 Å². The molecule has 0 atom stereocenters. The second-order valence-corrected chi connectivity index (χ2v) is 14.8. The third kappa shape index (κ3) is 9.42. The largest absolute Gasteiger partial charge is 0.494 e. The molecule has 2 rings (SSSR count). The Balaban J connectivity index is 1.71. The molecule has 1 aromatic carbocycles. The van der Waals surface area contributed by atoms with Gasteiger partial charge in [0.15, 0.2) is 0 Å². The molecule has 166 valence electrons. The molecule has 0 bridgehead atoms. The first-order valence-corrected chi connectivity index (χ1v) is 15.5. The second kappa shape index (κ2) is 13.6. The zero-order valence-electron chi connectivity index (χ0n) is 19.8. The van der Waals surface area contributed by atoms with Gasteiger partial charge in [-0.2, -0.15) is 0 Å². The summed E-state index contributed by atoms with van der Waals surface area (Å²) in [4.78, 5) is 9.14. The van der Waals surface area contributed by atoms with Crippen LogP contribution in [0.1, 0.15) is 71.0 Å². The molecule has 0 spiro atoms. The molecule has 3 nitrogen and oxygen atoms in total. The lowest BCUT2D eigenvalue weighted by Crippen LogP contribution is -2.23. The summed E-state index contributed by atoms with van der Waals surface area (Å²) in [5, 5.41) is 0. The summed E-state index contributed by atoms with van der Waals surface area (Å²) in [6.45, 7) is 10.4. The highest BCUT2D eigenvalue weighted by Crippen LogP contribution is 2.22. The first-order chi connectivity index (χ1) is 14.5. The van der Waals surface area contributed by atoms with E-state index in [1.54, 1.807) is 0 Å². The highest BCUT2D eigenvalue weighted by Gasteiger charge is 2.16. The molecule has 0 saturated carbocycles. The van der Waals surface area contributed by atoms with E-state index in [0.717, 1.165) is 42.1 Å². The van der Waals surface area contributed by atoms with Crippen molar-refractivity contribution in [2.45, 2.75) is 96.8 Å². The molecule has 0 unspecified atom stereocenters. The fourth-order valence-corrected chi connectivity index (χ4v) is 5.07. The van der Waals surface area contributed by atoms with E-state index in [0.29, 0.717) is 0 Å². The summed E-state index contributed by atoms with van der Waals surface area (Å²) in [6.07, 6.45) is 15.1. The number of aryl methyl sites for hydroxylation is 1. The smallest absolute Gasteiger partial charge is 0.128 e. The van der Waals surface area contributed by atoms with Crippen LogP contribution in [-0.2, 0) is 6.42 Å². The molecule has 1 aromatic heterocycles. The Morgan fingerprint density at radius 2 is 1.43 bits per heavy atom. The van der Waals surface area contributed by atoms with Gasteiger partial charge in [0, 0.05) is 32.5 Å². The van der Waals surface area contributed by atoms with Crippen molar-refractivity contribution in [3.63, 3.8) is 0 Å². The van der Waals surface area contributed by atoms with Gasteiger partial charge >= 0.3 is 0 Å². The SMILES string of the molecule is CCCCCCCCc1ncc(-c2ccc(OCCCC[Si](C)(C)CC)cc2)cn1. The van der Waals surface area contributed by atoms with Crippen molar-refractivity contribution in [3.05, 3.63) is 42.5 Å². The van der Waals surface area contributed by atoms with Gasteiger partial charge in [-0.3, -0.25) is 0 Å². The minimum absolute atomic E-state index is 0.809. The Kier molecular flexibility index (Phi) is 11.1. The highest BCUT2D eigenvalue weighted by atomic mass is 28.3. The number of rotatable bonds is 15. The van der Waals surface area contributed by atoms with E-state index in [2.05, 4.69) is 61.2 Å². The quantitative estimate of drug-likeness (QED) is 0.214. The first kappa shape index (κ1) is 24.6. The van der Waals surface area contributed by atoms with E-state index in [1.165, 1.54) is 57.0 Å². The van der Waals surface area contributed by atoms with Crippen molar-refractivity contribution in [1.29, 1.82) is 0 Å². The Morgan fingerprint density at radius 3 is 2.10 bits per heavy atom. The molecule has 0 fully saturated rings. The van der Waals surface area contributed by atoms with Crippen molar-refractivity contribution in [2.24, 2.45) is 0 Å². The maximum Gasteiger partial charge on any atom is 0.128 e. The fraction of sp³-hybridized carbons (Fsp3) is 0.615. The number of benzene rings is 1. The van der Waals surface area contributed by atoms with Crippen molar-refractivity contribution in [3.8, 4) is 16.9 Å². The zero-order chi connectivity index (χ0) is 21.7. The molecule has 0 aliphatic heterocycles. The zero-order valence-corrected chi connectivity index (χ0v) is 20.8. The van der Waals surface area contributed by atoms with E-state index in [9.17, 15) is 0 Å². The third-order valence-corrected chi connectivity index (χ3v) is 9.74. The minimum atomic E-state index is -0.938.